The van der Waals surface area contributed by atoms with E-state index in [1.807, 2.05) is 31.3 Å². The summed E-state index contributed by atoms with van der Waals surface area (Å²) in [5.74, 6) is 0.0442. The van der Waals surface area contributed by atoms with Crippen LogP contribution in [0.1, 0.15) is 62.9 Å². The number of hydrogen-bond donors (Lipinski definition) is 3. The third-order valence-electron chi connectivity index (χ3n) is 5.81. The van der Waals surface area contributed by atoms with Gasteiger partial charge in [0.15, 0.2) is 0 Å². The van der Waals surface area contributed by atoms with Gasteiger partial charge < -0.3 is 15.7 Å². The molecule has 2 unspecified atom stereocenters. The zero-order chi connectivity index (χ0) is 19.7. The average Bonchev–Trinajstić information content (AvgIpc) is 3.46. The molecule has 1 aliphatic carbocycles. The molecule has 0 radical (unpaired) electrons. The molecule has 0 amide bonds. The number of aliphatic hydroxyl groups excluding tert-OH is 1. The zero-order valence-corrected chi connectivity index (χ0v) is 16.5. The van der Waals surface area contributed by atoms with Gasteiger partial charge in [-0.2, -0.15) is 0 Å². The molecule has 3 atom stereocenters. The average molecular weight is 381 g/mol. The number of halogens is 1. The van der Waals surface area contributed by atoms with Gasteiger partial charge in [0.05, 0.1) is 11.8 Å². The molecular formula is C23H28FN3O. The molecule has 0 spiro atoms. The molecular weight excluding hydrogens is 353 g/mol. The van der Waals surface area contributed by atoms with E-state index < -0.39 is 6.10 Å². The molecule has 28 heavy (non-hydrogen) atoms. The summed E-state index contributed by atoms with van der Waals surface area (Å²) >= 11 is 0. The van der Waals surface area contributed by atoms with Crippen LogP contribution in [0.3, 0.4) is 0 Å². The van der Waals surface area contributed by atoms with Gasteiger partial charge >= 0.3 is 0 Å². The number of aromatic nitrogens is 1. The molecule has 4 rings (SSSR count). The first-order valence-electron chi connectivity index (χ1n) is 10.2. The first kappa shape index (κ1) is 18.9. The van der Waals surface area contributed by atoms with Crippen LogP contribution < -0.4 is 10.6 Å². The van der Waals surface area contributed by atoms with Crippen LogP contribution in [0.4, 0.5) is 4.39 Å². The van der Waals surface area contributed by atoms with Gasteiger partial charge in [-0.25, -0.2) is 4.39 Å². The van der Waals surface area contributed by atoms with Crippen molar-refractivity contribution in [3.63, 3.8) is 0 Å². The van der Waals surface area contributed by atoms with Gasteiger partial charge in [-0.15, -0.1) is 0 Å². The first-order chi connectivity index (χ1) is 13.5. The van der Waals surface area contributed by atoms with Crippen LogP contribution in [-0.4, -0.2) is 16.1 Å². The lowest BCUT2D eigenvalue weighted by molar-refractivity contribution is 0.149. The molecule has 2 heterocycles. The Morgan fingerprint density at radius 2 is 2.11 bits per heavy atom. The molecule has 0 saturated heterocycles. The quantitative estimate of drug-likeness (QED) is 0.656. The standard InChI is InChI=1S/C23H28FN3O/c1-3-18-12-19(13-26-18)27-14(2)16-6-7-20(21(24)10-16)17-8-9-25-22(11-17)23(28)15-4-5-15/h6-11,13-15,18,23,26-28H,3-5,12H2,1-2H3/t14-,18?,23?/m0/s1. The van der Waals surface area contributed by atoms with Gasteiger partial charge in [-0.1, -0.05) is 19.1 Å². The topological polar surface area (TPSA) is 57.2 Å². The van der Waals surface area contributed by atoms with Gasteiger partial charge in [0.25, 0.3) is 0 Å². The monoisotopic (exact) mass is 381 g/mol. The largest absolute Gasteiger partial charge is 0.387 e. The Kier molecular flexibility index (Phi) is 5.36. The summed E-state index contributed by atoms with van der Waals surface area (Å²) < 4.78 is 14.9. The lowest BCUT2D eigenvalue weighted by atomic mass is 9.99. The number of rotatable bonds is 7. The molecule has 1 fully saturated rings. The minimum Gasteiger partial charge on any atom is -0.387 e. The molecule has 1 saturated carbocycles. The third-order valence-corrected chi connectivity index (χ3v) is 5.81. The maximum Gasteiger partial charge on any atom is 0.131 e. The maximum atomic E-state index is 14.9. The third kappa shape index (κ3) is 4.04. The highest BCUT2D eigenvalue weighted by Gasteiger charge is 2.31. The van der Waals surface area contributed by atoms with E-state index in [0.29, 0.717) is 23.2 Å². The fraction of sp³-hybridized carbons (Fsp3) is 0.435. The van der Waals surface area contributed by atoms with Gasteiger partial charge in [0.1, 0.15) is 5.82 Å². The molecule has 0 bridgehead atoms. The van der Waals surface area contributed by atoms with Gasteiger partial charge in [0, 0.05) is 42.2 Å². The van der Waals surface area contributed by atoms with Crippen molar-refractivity contribution in [2.24, 2.45) is 5.92 Å². The Labute approximate surface area is 165 Å². The number of hydrogen-bond acceptors (Lipinski definition) is 4. The molecule has 2 aromatic rings. The van der Waals surface area contributed by atoms with E-state index in [4.69, 9.17) is 0 Å². The van der Waals surface area contributed by atoms with Crippen LogP contribution in [0, 0.1) is 11.7 Å². The molecule has 5 heteroatoms. The van der Waals surface area contributed by atoms with Crippen LogP contribution in [0.2, 0.25) is 0 Å². The number of aliphatic hydroxyl groups is 1. The summed E-state index contributed by atoms with van der Waals surface area (Å²) in [4.78, 5) is 4.28. The summed E-state index contributed by atoms with van der Waals surface area (Å²) in [6.45, 7) is 4.21. The normalized spacial score (nSPS) is 21.0. The van der Waals surface area contributed by atoms with Crippen molar-refractivity contribution in [1.82, 2.24) is 15.6 Å². The second kappa shape index (κ2) is 7.92. The predicted molar refractivity (Wildman–Crippen MR) is 109 cm³/mol. The second-order valence-corrected chi connectivity index (χ2v) is 8.00. The van der Waals surface area contributed by atoms with Crippen molar-refractivity contribution in [1.29, 1.82) is 0 Å². The van der Waals surface area contributed by atoms with Crippen molar-refractivity contribution in [3.8, 4) is 11.1 Å². The lowest BCUT2D eigenvalue weighted by Crippen LogP contribution is -2.20. The molecule has 4 nitrogen and oxygen atoms in total. The van der Waals surface area contributed by atoms with E-state index in [1.54, 1.807) is 18.3 Å². The van der Waals surface area contributed by atoms with Crippen molar-refractivity contribution in [2.45, 2.75) is 57.7 Å². The summed E-state index contributed by atoms with van der Waals surface area (Å²) in [6, 6.07) is 9.50. The minimum absolute atomic E-state index is 0.0249. The molecule has 2 aliphatic rings. The van der Waals surface area contributed by atoms with E-state index in [0.717, 1.165) is 42.5 Å². The van der Waals surface area contributed by atoms with E-state index in [-0.39, 0.29) is 11.9 Å². The zero-order valence-electron chi connectivity index (χ0n) is 16.5. The number of nitrogens with zero attached hydrogens (tertiary/aromatic N) is 1. The summed E-state index contributed by atoms with van der Waals surface area (Å²) in [5, 5.41) is 17.2. The SMILES string of the molecule is CCC1CC(N[C@@H](C)c2ccc(-c3ccnc(C(O)C4CC4)c3)c(F)c2)=CN1. The minimum atomic E-state index is -0.549. The van der Waals surface area contributed by atoms with Crippen molar-refractivity contribution in [2.75, 3.05) is 0 Å². The van der Waals surface area contributed by atoms with E-state index in [2.05, 4.69) is 22.5 Å². The second-order valence-electron chi connectivity index (χ2n) is 8.00. The Morgan fingerprint density at radius 3 is 2.79 bits per heavy atom. The van der Waals surface area contributed by atoms with Crippen molar-refractivity contribution < 1.29 is 9.50 Å². The van der Waals surface area contributed by atoms with Gasteiger partial charge in [-0.05, 0) is 61.4 Å². The molecule has 1 aromatic heterocycles. The van der Waals surface area contributed by atoms with Crippen LogP contribution in [-0.2, 0) is 0 Å². The smallest absolute Gasteiger partial charge is 0.131 e. The number of benzene rings is 1. The van der Waals surface area contributed by atoms with E-state index >= 15 is 0 Å². The van der Waals surface area contributed by atoms with Crippen LogP contribution in [0.5, 0.6) is 0 Å². The molecule has 3 N–H and O–H groups in total. The highest BCUT2D eigenvalue weighted by atomic mass is 19.1. The molecule has 148 valence electrons. The maximum absolute atomic E-state index is 14.9. The van der Waals surface area contributed by atoms with Crippen LogP contribution >= 0.6 is 0 Å². The number of nitrogens with one attached hydrogen (secondary N) is 2. The van der Waals surface area contributed by atoms with E-state index in [1.165, 1.54) is 0 Å². The summed E-state index contributed by atoms with van der Waals surface area (Å²) in [5.41, 5.74) is 3.99. The van der Waals surface area contributed by atoms with Gasteiger partial charge in [0.2, 0.25) is 0 Å². The molecule has 1 aromatic carbocycles. The Hall–Kier alpha value is -2.40. The summed E-state index contributed by atoms with van der Waals surface area (Å²) in [6.07, 6.45) is 7.26. The predicted octanol–water partition coefficient (Wildman–Crippen LogP) is 4.60. The first-order valence-corrected chi connectivity index (χ1v) is 10.2. The van der Waals surface area contributed by atoms with Crippen molar-refractivity contribution in [3.05, 3.63) is 65.5 Å². The summed E-state index contributed by atoms with van der Waals surface area (Å²) in [7, 11) is 0. The molecule has 1 aliphatic heterocycles. The van der Waals surface area contributed by atoms with Crippen LogP contribution in [0.25, 0.3) is 11.1 Å². The van der Waals surface area contributed by atoms with E-state index in [9.17, 15) is 9.50 Å². The highest BCUT2D eigenvalue weighted by molar-refractivity contribution is 5.64. The van der Waals surface area contributed by atoms with Gasteiger partial charge in [-0.3, -0.25) is 4.98 Å². The fourth-order valence-corrected chi connectivity index (χ4v) is 3.79. The Bertz CT molecular complexity index is 878. The Morgan fingerprint density at radius 1 is 1.29 bits per heavy atom. The van der Waals surface area contributed by atoms with Crippen molar-refractivity contribution >= 4 is 0 Å². The lowest BCUT2D eigenvalue weighted by Gasteiger charge is -2.18. The number of pyridine rings is 1. The Balaban J connectivity index is 1.49. The highest BCUT2D eigenvalue weighted by Crippen LogP contribution is 2.41. The fourth-order valence-electron chi connectivity index (χ4n) is 3.79. The van der Waals surface area contributed by atoms with Crippen LogP contribution in [0.15, 0.2) is 48.4 Å².